The van der Waals surface area contributed by atoms with Gasteiger partial charge in [-0.3, -0.25) is 0 Å². The molecule has 0 aliphatic heterocycles. The van der Waals surface area contributed by atoms with E-state index in [0.717, 1.165) is 27.9 Å². The van der Waals surface area contributed by atoms with E-state index < -0.39 is 0 Å². The first-order valence-corrected chi connectivity index (χ1v) is 8.71. The Morgan fingerprint density at radius 2 is 1.95 bits per heavy atom. The van der Waals surface area contributed by atoms with E-state index in [1.807, 2.05) is 6.07 Å². The van der Waals surface area contributed by atoms with Crippen molar-refractivity contribution in [3.8, 4) is 11.5 Å². The van der Waals surface area contributed by atoms with Crippen LogP contribution in [0, 0.1) is 5.92 Å². The van der Waals surface area contributed by atoms with Gasteiger partial charge in [-0.05, 0) is 52.4 Å². The molecule has 0 aromatic heterocycles. The number of ether oxygens (including phenoxy) is 2. The highest BCUT2D eigenvalue weighted by atomic mass is 79.9. The van der Waals surface area contributed by atoms with E-state index in [-0.39, 0.29) is 0 Å². The Balaban J connectivity index is 2.05. The molecule has 0 heterocycles. The lowest BCUT2D eigenvalue weighted by Gasteiger charge is -2.22. The summed E-state index contributed by atoms with van der Waals surface area (Å²) in [6.07, 6.45) is 6.64. The number of hydrogen-bond acceptors (Lipinski definition) is 2. The van der Waals surface area contributed by atoms with Crippen LogP contribution in [-0.2, 0) is 5.33 Å². The standard InChI is InChI=1S/C15H20Br2O2/c1-18-14-8-12(9-16)7-13(17)15(14)19-10-11-5-3-2-4-6-11/h7-8,11H,2-6,9-10H2,1H3. The molecule has 106 valence electrons. The molecule has 0 atom stereocenters. The van der Waals surface area contributed by atoms with Gasteiger partial charge in [0.2, 0.25) is 0 Å². The summed E-state index contributed by atoms with van der Waals surface area (Å²) < 4.78 is 12.4. The van der Waals surface area contributed by atoms with Crippen molar-refractivity contribution in [2.24, 2.45) is 5.92 Å². The third-order valence-electron chi connectivity index (χ3n) is 3.63. The van der Waals surface area contributed by atoms with E-state index in [1.54, 1.807) is 7.11 Å². The molecule has 0 spiro atoms. The zero-order chi connectivity index (χ0) is 13.7. The van der Waals surface area contributed by atoms with E-state index in [0.29, 0.717) is 5.92 Å². The lowest BCUT2D eigenvalue weighted by atomic mass is 9.90. The zero-order valence-electron chi connectivity index (χ0n) is 11.3. The maximum Gasteiger partial charge on any atom is 0.175 e. The number of alkyl halides is 1. The van der Waals surface area contributed by atoms with E-state index in [1.165, 1.54) is 37.7 Å². The average molecular weight is 392 g/mol. The third kappa shape index (κ3) is 4.12. The van der Waals surface area contributed by atoms with Crippen molar-refractivity contribution < 1.29 is 9.47 Å². The summed E-state index contributed by atoms with van der Waals surface area (Å²) in [4.78, 5) is 0. The predicted molar refractivity (Wildman–Crippen MR) is 85.4 cm³/mol. The topological polar surface area (TPSA) is 18.5 Å². The van der Waals surface area contributed by atoms with Gasteiger partial charge in [0.25, 0.3) is 0 Å². The van der Waals surface area contributed by atoms with Gasteiger partial charge in [0.05, 0.1) is 18.2 Å². The van der Waals surface area contributed by atoms with Crippen LogP contribution < -0.4 is 9.47 Å². The average Bonchev–Trinajstić information content (AvgIpc) is 2.46. The van der Waals surface area contributed by atoms with Crippen molar-refractivity contribution in [2.45, 2.75) is 37.4 Å². The van der Waals surface area contributed by atoms with Crippen LogP contribution in [0.4, 0.5) is 0 Å². The van der Waals surface area contributed by atoms with Crippen molar-refractivity contribution in [1.82, 2.24) is 0 Å². The number of hydrogen-bond donors (Lipinski definition) is 0. The van der Waals surface area contributed by atoms with Gasteiger partial charge in [0.15, 0.2) is 11.5 Å². The number of benzene rings is 1. The summed E-state index contributed by atoms with van der Waals surface area (Å²) in [6.45, 7) is 0.794. The van der Waals surface area contributed by atoms with Crippen molar-refractivity contribution in [3.63, 3.8) is 0 Å². The molecule has 2 rings (SSSR count). The number of halogens is 2. The fourth-order valence-electron chi connectivity index (χ4n) is 2.55. The monoisotopic (exact) mass is 390 g/mol. The van der Waals surface area contributed by atoms with Crippen LogP contribution in [0.15, 0.2) is 16.6 Å². The molecule has 1 saturated carbocycles. The summed E-state index contributed by atoms with van der Waals surface area (Å²) in [7, 11) is 1.69. The van der Waals surface area contributed by atoms with Crippen LogP contribution >= 0.6 is 31.9 Å². The molecule has 19 heavy (non-hydrogen) atoms. The third-order valence-corrected chi connectivity index (χ3v) is 4.87. The highest BCUT2D eigenvalue weighted by Gasteiger charge is 2.17. The second-order valence-corrected chi connectivity index (χ2v) is 6.47. The second-order valence-electron chi connectivity index (χ2n) is 5.06. The Morgan fingerprint density at radius 1 is 1.21 bits per heavy atom. The number of rotatable bonds is 5. The fraction of sp³-hybridized carbons (Fsp3) is 0.600. The molecular weight excluding hydrogens is 372 g/mol. The summed E-state index contributed by atoms with van der Waals surface area (Å²) in [6, 6.07) is 4.10. The van der Waals surface area contributed by atoms with Gasteiger partial charge >= 0.3 is 0 Å². The van der Waals surface area contributed by atoms with E-state index >= 15 is 0 Å². The molecule has 0 amide bonds. The molecule has 1 fully saturated rings. The summed E-state index contributed by atoms with van der Waals surface area (Å²) in [5.41, 5.74) is 1.17. The van der Waals surface area contributed by atoms with Crippen LogP contribution in [0.5, 0.6) is 11.5 Å². The first-order chi connectivity index (χ1) is 9.24. The summed E-state index contributed by atoms with van der Waals surface area (Å²) >= 11 is 7.04. The SMILES string of the molecule is COc1cc(CBr)cc(Br)c1OCC1CCCCC1. The predicted octanol–water partition coefficient (Wildman–Crippen LogP) is 5.31. The Hall–Kier alpha value is -0.220. The van der Waals surface area contributed by atoms with E-state index in [2.05, 4.69) is 37.9 Å². The molecule has 0 radical (unpaired) electrons. The molecule has 1 aliphatic carbocycles. The maximum absolute atomic E-state index is 6.01. The molecule has 0 unspecified atom stereocenters. The smallest absolute Gasteiger partial charge is 0.175 e. The lowest BCUT2D eigenvalue weighted by Crippen LogP contribution is -2.15. The number of methoxy groups -OCH3 is 1. The van der Waals surface area contributed by atoms with Crippen molar-refractivity contribution in [1.29, 1.82) is 0 Å². The Kier molecular flexibility index (Phi) is 6.02. The first-order valence-electron chi connectivity index (χ1n) is 6.79. The largest absolute Gasteiger partial charge is 0.493 e. The molecule has 4 heteroatoms. The second kappa shape index (κ2) is 7.53. The Bertz CT molecular complexity index is 415. The minimum atomic E-state index is 0.696. The quantitative estimate of drug-likeness (QED) is 0.633. The Labute approximate surface area is 132 Å². The highest BCUT2D eigenvalue weighted by molar-refractivity contribution is 9.10. The molecule has 1 aromatic rings. The van der Waals surface area contributed by atoms with E-state index in [9.17, 15) is 0 Å². The van der Waals surface area contributed by atoms with Crippen molar-refractivity contribution in [2.75, 3.05) is 13.7 Å². The van der Waals surface area contributed by atoms with Gasteiger partial charge in [-0.25, -0.2) is 0 Å². The van der Waals surface area contributed by atoms with Crippen molar-refractivity contribution in [3.05, 3.63) is 22.2 Å². The molecule has 1 aliphatic rings. The Morgan fingerprint density at radius 3 is 2.58 bits per heavy atom. The fourth-order valence-corrected chi connectivity index (χ4v) is 3.47. The van der Waals surface area contributed by atoms with Crippen LogP contribution in [0.25, 0.3) is 0 Å². The minimum Gasteiger partial charge on any atom is -0.493 e. The summed E-state index contributed by atoms with van der Waals surface area (Å²) in [5, 5.41) is 0.810. The van der Waals surface area contributed by atoms with Gasteiger partial charge in [-0.2, -0.15) is 0 Å². The highest BCUT2D eigenvalue weighted by Crippen LogP contribution is 2.38. The van der Waals surface area contributed by atoms with Gasteiger partial charge in [0.1, 0.15) is 0 Å². The van der Waals surface area contributed by atoms with Gasteiger partial charge in [-0.15, -0.1) is 0 Å². The molecule has 0 N–H and O–H groups in total. The maximum atomic E-state index is 6.01. The van der Waals surface area contributed by atoms with E-state index in [4.69, 9.17) is 9.47 Å². The summed E-state index contributed by atoms with van der Waals surface area (Å²) in [5.74, 6) is 2.33. The van der Waals surface area contributed by atoms with Crippen LogP contribution in [0.1, 0.15) is 37.7 Å². The lowest BCUT2D eigenvalue weighted by molar-refractivity contribution is 0.201. The minimum absolute atomic E-state index is 0.696. The zero-order valence-corrected chi connectivity index (χ0v) is 14.4. The molecular formula is C15H20Br2O2. The van der Waals surface area contributed by atoms with Gasteiger partial charge in [0, 0.05) is 5.33 Å². The molecule has 2 nitrogen and oxygen atoms in total. The molecule has 0 bridgehead atoms. The normalized spacial score (nSPS) is 16.4. The van der Waals surface area contributed by atoms with Gasteiger partial charge < -0.3 is 9.47 Å². The van der Waals surface area contributed by atoms with Crippen LogP contribution in [-0.4, -0.2) is 13.7 Å². The first kappa shape index (κ1) is 15.2. The molecule has 0 saturated heterocycles. The van der Waals surface area contributed by atoms with Crippen LogP contribution in [0.3, 0.4) is 0 Å². The van der Waals surface area contributed by atoms with Gasteiger partial charge in [-0.1, -0.05) is 35.2 Å². The molecule has 1 aromatic carbocycles. The van der Waals surface area contributed by atoms with Crippen LogP contribution in [0.2, 0.25) is 0 Å². The van der Waals surface area contributed by atoms with Crippen molar-refractivity contribution >= 4 is 31.9 Å².